The largest absolute Gasteiger partial charge is 0.348 e. The van der Waals surface area contributed by atoms with Gasteiger partial charge in [-0.2, -0.15) is 0 Å². The molecule has 0 radical (unpaired) electrons. The first-order valence-corrected chi connectivity index (χ1v) is 5.92. The molecule has 0 fully saturated rings. The number of carbonyl (C=O) groups is 1. The van der Waals surface area contributed by atoms with E-state index >= 15 is 0 Å². The zero-order chi connectivity index (χ0) is 12.2. The summed E-state index contributed by atoms with van der Waals surface area (Å²) in [6, 6.07) is 7.80. The topological polar surface area (TPSA) is 29.1 Å². The minimum atomic E-state index is -0.196. The van der Waals surface area contributed by atoms with Gasteiger partial charge in [-0.3, -0.25) is 4.79 Å². The second-order valence-electron chi connectivity index (χ2n) is 4.63. The van der Waals surface area contributed by atoms with Crippen LogP contribution in [0.3, 0.4) is 0 Å². The molecule has 3 heteroatoms. The number of hydrogen-bond donors (Lipinski definition) is 1. The molecule has 0 bridgehead atoms. The third kappa shape index (κ3) is 5.12. The minimum Gasteiger partial charge on any atom is -0.348 e. The summed E-state index contributed by atoms with van der Waals surface area (Å²) < 4.78 is 1.01. The Kier molecular flexibility index (Phi) is 4.30. The normalized spacial score (nSPS) is 11.8. The summed E-state index contributed by atoms with van der Waals surface area (Å²) in [4.78, 5) is 11.5. The van der Waals surface area contributed by atoms with Crippen molar-refractivity contribution < 1.29 is 4.79 Å². The molecule has 0 aliphatic rings. The van der Waals surface area contributed by atoms with E-state index in [1.165, 1.54) is 0 Å². The van der Waals surface area contributed by atoms with Crippen LogP contribution in [-0.2, 0) is 4.79 Å². The van der Waals surface area contributed by atoms with E-state index in [0.717, 1.165) is 10.0 Å². The van der Waals surface area contributed by atoms with Crippen molar-refractivity contribution >= 4 is 27.9 Å². The van der Waals surface area contributed by atoms with Crippen LogP contribution >= 0.6 is 15.9 Å². The summed E-state index contributed by atoms with van der Waals surface area (Å²) in [5.74, 6) is -0.0764. The molecule has 0 saturated heterocycles. The zero-order valence-corrected chi connectivity index (χ0v) is 11.3. The number of benzene rings is 1. The Hall–Kier alpha value is -1.09. The van der Waals surface area contributed by atoms with Gasteiger partial charge in [0.2, 0.25) is 5.91 Å². The Balaban J connectivity index is 2.64. The first kappa shape index (κ1) is 13.0. The second kappa shape index (κ2) is 5.30. The molecule has 0 aliphatic heterocycles. The predicted molar refractivity (Wildman–Crippen MR) is 71.1 cm³/mol. The lowest BCUT2D eigenvalue weighted by molar-refractivity contribution is -0.117. The Morgan fingerprint density at radius 3 is 2.62 bits per heavy atom. The van der Waals surface area contributed by atoms with Crippen LogP contribution in [0.2, 0.25) is 0 Å². The first-order chi connectivity index (χ1) is 7.37. The number of amides is 1. The fourth-order valence-corrected chi connectivity index (χ4v) is 1.61. The van der Waals surface area contributed by atoms with Crippen LogP contribution < -0.4 is 5.32 Å². The van der Waals surface area contributed by atoms with E-state index in [-0.39, 0.29) is 11.4 Å². The van der Waals surface area contributed by atoms with Gasteiger partial charge in [0.25, 0.3) is 0 Å². The van der Waals surface area contributed by atoms with E-state index in [1.54, 1.807) is 12.2 Å². The van der Waals surface area contributed by atoms with E-state index in [4.69, 9.17) is 0 Å². The molecule has 1 N–H and O–H groups in total. The zero-order valence-electron chi connectivity index (χ0n) is 9.75. The summed E-state index contributed by atoms with van der Waals surface area (Å²) in [5, 5.41) is 2.87. The van der Waals surface area contributed by atoms with Gasteiger partial charge in [0.05, 0.1) is 0 Å². The molecular formula is C13H16BrNO. The molecule has 86 valence electrons. The molecule has 0 heterocycles. The molecule has 0 atom stereocenters. The molecule has 0 aliphatic carbocycles. The Labute approximate surface area is 105 Å². The van der Waals surface area contributed by atoms with Crippen molar-refractivity contribution in [3.05, 3.63) is 40.4 Å². The molecule has 0 saturated carbocycles. The van der Waals surface area contributed by atoms with Gasteiger partial charge >= 0.3 is 0 Å². The standard InChI is InChI=1S/C13H16BrNO/c1-13(2,3)15-12(16)8-7-10-5-4-6-11(14)9-10/h4-9H,1-3H3,(H,15,16). The van der Waals surface area contributed by atoms with Crippen molar-refractivity contribution in [2.24, 2.45) is 0 Å². The van der Waals surface area contributed by atoms with Gasteiger partial charge in [0.1, 0.15) is 0 Å². The van der Waals surface area contributed by atoms with Crippen LogP contribution in [-0.4, -0.2) is 11.4 Å². The van der Waals surface area contributed by atoms with E-state index in [9.17, 15) is 4.79 Å². The molecule has 1 aromatic carbocycles. The Morgan fingerprint density at radius 2 is 2.06 bits per heavy atom. The maximum Gasteiger partial charge on any atom is 0.244 e. The molecule has 2 nitrogen and oxygen atoms in total. The van der Waals surface area contributed by atoms with E-state index in [2.05, 4.69) is 21.2 Å². The third-order valence-corrected chi connectivity index (χ3v) is 2.27. The summed E-state index contributed by atoms with van der Waals surface area (Å²) in [7, 11) is 0. The van der Waals surface area contributed by atoms with Crippen LogP contribution in [0.4, 0.5) is 0 Å². The average Bonchev–Trinajstić information content (AvgIpc) is 2.12. The first-order valence-electron chi connectivity index (χ1n) is 5.13. The summed E-state index contributed by atoms with van der Waals surface area (Å²) in [6.07, 6.45) is 3.35. The van der Waals surface area contributed by atoms with Gasteiger partial charge in [-0.25, -0.2) is 0 Å². The number of hydrogen-bond acceptors (Lipinski definition) is 1. The monoisotopic (exact) mass is 281 g/mol. The smallest absolute Gasteiger partial charge is 0.244 e. The molecule has 1 rings (SSSR count). The van der Waals surface area contributed by atoms with Gasteiger partial charge in [-0.05, 0) is 44.5 Å². The van der Waals surface area contributed by atoms with Gasteiger partial charge in [-0.15, -0.1) is 0 Å². The lowest BCUT2D eigenvalue weighted by Crippen LogP contribution is -2.39. The molecule has 0 unspecified atom stereocenters. The van der Waals surface area contributed by atoms with E-state index in [1.807, 2.05) is 45.0 Å². The predicted octanol–water partition coefficient (Wildman–Crippen LogP) is 3.38. The molecule has 1 aromatic rings. The van der Waals surface area contributed by atoms with Crippen molar-refractivity contribution in [1.29, 1.82) is 0 Å². The van der Waals surface area contributed by atoms with Crippen LogP contribution in [0.25, 0.3) is 6.08 Å². The maximum absolute atomic E-state index is 11.5. The van der Waals surface area contributed by atoms with E-state index in [0.29, 0.717) is 0 Å². The number of carbonyl (C=O) groups excluding carboxylic acids is 1. The fourth-order valence-electron chi connectivity index (χ4n) is 1.19. The SMILES string of the molecule is CC(C)(C)NC(=O)C=Cc1cccc(Br)c1. The fraction of sp³-hybridized carbons (Fsp3) is 0.308. The molecule has 1 amide bonds. The summed E-state index contributed by atoms with van der Waals surface area (Å²) >= 11 is 3.38. The van der Waals surface area contributed by atoms with Gasteiger partial charge in [-0.1, -0.05) is 28.1 Å². The highest BCUT2D eigenvalue weighted by atomic mass is 79.9. The average molecular weight is 282 g/mol. The second-order valence-corrected chi connectivity index (χ2v) is 5.54. The Morgan fingerprint density at radius 1 is 1.38 bits per heavy atom. The van der Waals surface area contributed by atoms with Crippen molar-refractivity contribution in [2.75, 3.05) is 0 Å². The van der Waals surface area contributed by atoms with Crippen molar-refractivity contribution in [2.45, 2.75) is 26.3 Å². The van der Waals surface area contributed by atoms with Crippen molar-refractivity contribution in [3.8, 4) is 0 Å². The van der Waals surface area contributed by atoms with Crippen LogP contribution in [0, 0.1) is 0 Å². The van der Waals surface area contributed by atoms with Gasteiger partial charge in [0.15, 0.2) is 0 Å². The highest BCUT2D eigenvalue weighted by molar-refractivity contribution is 9.10. The van der Waals surface area contributed by atoms with E-state index < -0.39 is 0 Å². The quantitative estimate of drug-likeness (QED) is 0.828. The lowest BCUT2D eigenvalue weighted by atomic mass is 10.1. The highest BCUT2D eigenvalue weighted by Crippen LogP contribution is 2.12. The van der Waals surface area contributed by atoms with Crippen molar-refractivity contribution in [1.82, 2.24) is 5.32 Å². The number of nitrogens with one attached hydrogen (secondary N) is 1. The van der Waals surface area contributed by atoms with Crippen molar-refractivity contribution in [3.63, 3.8) is 0 Å². The van der Waals surface area contributed by atoms with Crippen LogP contribution in [0.5, 0.6) is 0 Å². The number of halogens is 1. The number of rotatable bonds is 2. The van der Waals surface area contributed by atoms with Crippen LogP contribution in [0.15, 0.2) is 34.8 Å². The summed E-state index contributed by atoms with van der Waals surface area (Å²) in [5.41, 5.74) is 0.803. The van der Waals surface area contributed by atoms with Gasteiger partial charge < -0.3 is 5.32 Å². The minimum absolute atomic E-state index is 0.0764. The molecule has 0 aromatic heterocycles. The third-order valence-electron chi connectivity index (χ3n) is 1.77. The Bertz CT molecular complexity index is 405. The molecule has 16 heavy (non-hydrogen) atoms. The lowest BCUT2D eigenvalue weighted by Gasteiger charge is -2.18. The molecular weight excluding hydrogens is 266 g/mol. The van der Waals surface area contributed by atoms with Gasteiger partial charge in [0, 0.05) is 16.1 Å². The summed E-state index contributed by atoms with van der Waals surface area (Å²) in [6.45, 7) is 5.87. The van der Waals surface area contributed by atoms with Crippen LogP contribution in [0.1, 0.15) is 26.3 Å². The highest BCUT2D eigenvalue weighted by Gasteiger charge is 2.10. The molecule has 0 spiro atoms. The maximum atomic E-state index is 11.5.